The normalized spacial score (nSPS) is 9.10. The summed E-state index contributed by atoms with van der Waals surface area (Å²) in [4.78, 5) is 31.9. The molecule has 0 heterocycles. The second-order valence-electron chi connectivity index (χ2n) is 3.53. The number of esters is 2. The van der Waals surface area contributed by atoms with Crippen molar-refractivity contribution < 1.29 is 34.1 Å². The van der Waals surface area contributed by atoms with Crippen LogP contribution in [0.3, 0.4) is 0 Å². The van der Waals surface area contributed by atoms with Gasteiger partial charge in [-0.2, -0.15) is 0 Å². The Labute approximate surface area is 122 Å². The van der Waals surface area contributed by atoms with Crippen molar-refractivity contribution in [3.05, 3.63) is 35.4 Å². The predicted octanol–water partition coefficient (Wildman–Crippen LogP) is 1.10. The number of hydrogen-bond acceptors (Lipinski definition) is 6. The summed E-state index contributed by atoms with van der Waals surface area (Å²) in [6, 6.07) is 5.96. The number of rotatable bonds is 5. The SMILES string of the molecule is CCOC(=O)CO.CCOC(=O)c1ccccc1C(=O)O. The number of ether oxygens (including phenoxy) is 2. The smallest absolute Gasteiger partial charge is 0.338 e. The molecule has 0 spiro atoms. The summed E-state index contributed by atoms with van der Waals surface area (Å²) in [7, 11) is 0. The van der Waals surface area contributed by atoms with Gasteiger partial charge in [0.1, 0.15) is 6.61 Å². The Hall–Kier alpha value is -2.41. The van der Waals surface area contributed by atoms with Crippen molar-refractivity contribution in [3.8, 4) is 0 Å². The van der Waals surface area contributed by atoms with Crippen LogP contribution in [0, 0.1) is 0 Å². The van der Waals surface area contributed by atoms with Crippen molar-refractivity contribution in [2.45, 2.75) is 13.8 Å². The van der Waals surface area contributed by atoms with Gasteiger partial charge in [0.2, 0.25) is 0 Å². The number of carbonyl (C=O) groups excluding carboxylic acids is 2. The molecule has 0 unspecified atom stereocenters. The Kier molecular flexibility index (Phi) is 9.19. The van der Waals surface area contributed by atoms with Gasteiger partial charge in [0.15, 0.2) is 0 Å². The number of aliphatic hydroxyl groups excluding tert-OH is 1. The maximum atomic E-state index is 11.3. The van der Waals surface area contributed by atoms with E-state index in [1.54, 1.807) is 26.0 Å². The molecule has 116 valence electrons. The van der Waals surface area contributed by atoms with Crippen LogP contribution in [0.5, 0.6) is 0 Å². The van der Waals surface area contributed by atoms with Crippen molar-refractivity contribution in [1.29, 1.82) is 0 Å². The zero-order chi connectivity index (χ0) is 16.3. The van der Waals surface area contributed by atoms with Gasteiger partial charge < -0.3 is 19.7 Å². The molecule has 7 nitrogen and oxygen atoms in total. The van der Waals surface area contributed by atoms with Crippen molar-refractivity contribution in [1.82, 2.24) is 0 Å². The van der Waals surface area contributed by atoms with E-state index in [0.717, 1.165) is 0 Å². The highest BCUT2D eigenvalue weighted by atomic mass is 16.5. The lowest BCUT2D eigenvalue weighted by atomic mass is 10.1. The Morgan fingerprint density at radius 1 is 1.00 bits per heavy atom. The van der Waals surface area contributed by atoms with Crippen molar-refractivity contribution >= 4 is 17.9 Å². The summed E-state index contributed by atoms with van der Waals surface area (Å²) < 4.78 is 9.02. The van der Waals surface area contributed by atoms with Crippen LogP contribution in [0.1, 0.15) is 34.6 Å². The second-order valence-corrected chi connectivity index (χ2v) is 3.53. The first-order chi connectivity index (χ1) is 9.97. The first-order valence-corrected chi connectivity index (χ1v) is 6.23. The molecule has 0 aromatic heterocycles. The van der Waals surface area contributed by atoms with E-state index in [1.807, 2.05) is 0 Å². The quantitative estimate of drug-likeness (QED) is 0.783. The van der Waals surface area contributed by atoms with Gasteiger partial charge in [0.25, 0.3) is 0 Å². The fourth-order valence-corrected chi connectivity index (χ4v) is 1.26. The molecule has 0 saturated heterocycles. The summed E-state index contributed by atoms with van der Waals surface area (Å²) in [6.07, 6.45) is 0. The summed E-state index contributed by atoms with van der Waals surface area (Å²) in [5.74, 6) is -2.30. The van der Waals surface area contributed by atoms with E-state index in [9.17, 15) is 14.4 Å². The molecule has 7 heteroatoms. The summed E-state index contributed by atoms with van der Waals surface area (Å²) >= 11 is 0. The highest BCUT2D eigenvalue weighted by Gasteiger charge is 2.15. The van der Waals surface area contributed by atoms with Gasteiger partial charge >= 0.3 is 17.9 Å². The van der Waals surface area contributed by atoms with Crippen molar-refractivity contribution in [2.75, 3.05) is 19.8 Å². The monoisotopic (exact) mass is 298 g/mol. The average Bonchev–Trinajstić information content (AvgIpc) is 2.48. The van der Waals surface area contributed by atoms with E-state index in [2.05, 4.69) is 4.74 Å². The van der Waals surface area contributed by atoms with Crippen LogP contribution >= 0.6 is 0 Å². The Bertz CT molecular complexity index is 482. The van der Waals surface area contributed by atoms with Crippen LogP contribution in [0.4, 0.5) is 0 Å². The summed E-state index contributed by atoms with van der Waals surface area (Å²) in [5, 5.41) is 16.8. The van der Waals surface area contributed by atoms with Gasteiger partial charge in [0, 0.05) is 0 Å². The average molecular weight is 298 g/mol. The van der Waals surface area contributed by atoms with E-state index in [4.69, 9.17) is 14.9 Å². The first kappa shape index (κ1) is 18.6. The minimum atomic E-state index is -1.13. The molecular formula is C14H18O7. The van der Waals surface area contributed by atoms with Gasteiger partial charge in [-0.1, -0.05) is 12.1 Å². The Morgan fingerprint density at radius 3 is 1.90 bits per heavy atom. The Morgan fingerprint density at radius 2 is 1.52 bits per heavy atom. The molecule has 2 N–H and O–H groups in total. The Balaban J connectivity index is 0.000000486. The molecule has 0 radical (unpaired) electrons. The zero-order valence-corrected chi connectivity index (χ0v) is 11.9. The summed E-state index contributed by atoms with van der Waals surface area (Å²) in [5.41, 5.74) is 0.0489. The second kappa shape index (κ2) is 10.4. The fraction of sp³-hybridized carbons (Fsp3) is 0.357. The van der Waals surface area contributed by atoms with Gasteiger partial charge in [-0.25, -0.2) is 14.4 Å². The topological polar surface area (TPSA) is 110 Å². The third kappa shape index (κ3) is 7.07. The maximum absolute atomic E-state index is 11.3. The molecule has 0 amide bonds. The first-order valence-electron chi connectivity index (χ1n) is 6.23. The maximum Gasteiger partial charge on any atom is 0.338 e. The number of carboxylic acid groups (broad SMARTS) is 1. The molecule has 1 rings (SSSR count). The van der Waals surface area contributed by atoms with Gasteiger partial charge in [-0.05, 0) is 26.0 Å². The lowest BCUT2D eigenvalue weighted by Gasteiger charge is -2.04. The molecule has 0 aliphatic heterocycles. The number of carboxylic acids is 1. The van der Waals surface area contributed by atoms with Gasteiger partial charge in [-0.15, -0.1) is 0 Å². The van der Waals surface area contributed by atoms with E-state index < -0.39 is 24.5 Å². The minimum Gasteiger partial charge on any atom is -0.478 e. The molecular weight excluding hydrogens is 280 g/mol. The standard InChI is InChI=1S/C10H10O4.C4H8O3/c1-2-14-10(13)8-6-4-3-5-7(8)9(11)12;1-2-7-4(6)3-5/h3-6H,2H2,1H3,(H,11,12);5H,2-3H2,1H3. The van der Waals surface area contributed by atoms with Crippen LogP contribution in [-0.4, -0.2) is 47.9 Å². The van der Waals surface area contributed by atoms with Crippen LogP contribution in [0.15, 0.2) is 24.3 Å². The van der Waals surface area contributed by atoms with Gasteiger partial charge in [0.05, 0.1) is 24.3 Å². The fourth-order valence-electron chi connectivity index (χ4n) is 1.26. The highest BCUT2D eigenvalue weighted by Crippen LogP contribution is 2.09. The van der Waals surface area contributed by atoms with E-state index in [0.29, 0.717) is 6.61 Å². The zero-order valence-electron chi connectivity index (χ0n) is 11.9. The lowest BCUT2D eigenvalue weighted by Crippen LogP contribution is -2.11. The van der Waals surface area contributed by atoms with Crippen LogP contribution in [-0.2, 0) is 14.3 Å². The van der Waals surface area contributed by atoms with Crippen molar-refractivity contribution in [3.63, 3.8) is 0 Å². The molecule has 0 aliphatic carbocycles. The third-order valence-electron chi connectivity index (χ3n) is 2.09. The molecule has 21 heavy (non-hydrogen) atoms. The predicted molar refractivity (Wildman–Crippen MR) is 73.1 cm³/mol. The van der Waals surface area contributed by atoms with E-state index >= 15 is 0 Å². The summed E-state index contributed by atoms with van der Waals surface area (Å²) in [6.45, 7) is 3.40. The number of aliphatic hydroxyl groups is 1. The van der Waals surface area contributed by atoms with Crippen LogP contribution < -0.4 is 0 Å². The molecule has 0 aliphatic rings. The third-order valence-corrected chi connectivity index (χ3v) is 2.09. The number of aromatic carboxylic acids is 1. The largest absolute Gasteiger partial charge is 0.478 e. The van der Waals surface area contributed by atoms with E-state index in [1.165, 1.54) is 12.1 Å². The molecule has 0 fully saturated rings. The highest BCUT2D eigenvalue weighted by molar-refractivity contribution is 6.02. The molecule has 0 atom stereocenters. The molecule has 1 aromatic rings. The number of benzene rings is 1. The van der Waals surface area contributed by atoms with Crippen molar-refractivity contribution in [2.24, 2.45) is 0 Å². The molecule has 1 aromatic carbocycles. The van der Waals surface area contributed by atoms with E-state index in [-0.39, 0.29) is 17.7 Å². The molecule has 0 saturated carbocycles. The lowest BCUT2D eigenvalue weighted by molar-refractivity contribution is -0.146. The number of carbonyl (C=O) groups is 3. The van der Waals surface area contributed by atoms with Crippen LogP contribution in [0.25, 0.3) is 0 Å². The van der Waals surface area contributed by atoms with Crippen LogP contribution in [0.2, 0.25) is 0 Å². The van der Waals surface area contributed by atoms with Gasteiger partial charge in [-0.3, -0.25) is 0 Å². The molecule has 0 bridgehead atoms. The number of hydrogen-bond donors (Lipinski definition) is 2. The minimum absolute atomic E-state index is 0.0362.